The van der Waals surface area contributed by atoms with Crippen LogP contribution < -0.4 is 4.74 Å². The van der Waals surface area contributed by atoms with Crippen molar-refractivity contribution in [2.45, 2.75) is 20.3 Å². The molecule has 6 nitrogen and oxygen atoms in total. The average molecular weight is 279 g/mol. The van der Waals surface area contributed by atoms with Crippen LogP contribution in [0, 0.1) is 24.0 Å². The number of aryl methyl sites for hydroxylation is 2. The van der Waals surface area contributed by atoms with Crippen molar-refractivity contribution in [2.75, 3.05) is 6.61 Å². The second-order valence-corrected chi connectivity index (χ2v) is 4.99. The third-order valence-electron chi connectivity index (χ3n) is 2.58. The van der Waals surface area contributed by atoms with Gasteiger partial charge in [0.05, 0.1) is 22.7 Å². The van der Waals surface area contributed by atoms with Crippen LogP contribution in [0.2, 0.25) is 0 Å². The predicted octanol–water partition coefficient (Wildman–Crippen LogP) is 2.68. The van der Waals surface area contributed by atoms with Crippen LogP contribution in [0.15, 0.2) is 17.8 Å². The number of hydrogen-bond donors (Lipinski definition) is 0. The minimum Gasteiger partial charge on any atom is -0.472 e. The molecule has 0 saturated heterocycles. The van der Waals surface area contributed by atoms with Gasteiger partial charge in [-0.1, -0.05) is 0 Å². The van der Waals surface area contributed by atoms with E-state index in [0.717, 1.165) is 16.1 Å². The molecule has 0 aliphatic carbocycles. The van der Waals surface area contributed by atoms with E-state index in [-0.39, 0.29) is 11.6 Å². The Kier molecular flexibility index (Phi) is 4.06. The lowest BCUT2D eigenvalue weighted by molar-refractivity contribution is -0.386. The number of nitro groups is 1. The maximum absolute atomic E-state index is 10.9. The van der Waals surface area contributed by atoms with Crippen LogP contribution in [-0.2, 0) is 6.42 Å². The second kappa shape index (κ2) is 5.75. The molecule has 2 heterocycles. The van der Waals surface area contributed by atoms with Crippen LogP contribution in [-0.4, -0.2) is 21.5 Å². The Morgan fingerprint density at radius 1 is 1.42 bits per heavy atom. The van der Waals surface area contributed by atoms with E-state index in [1.54, 1.807) is 30.0 Å². The number of rotatable bonds is 5. The number of ether oxygens (including phenoxy) is 1. The molecule has 0 fully saturated rings. The monoisotopic (exact) mass is 279 g/mol. The highest BCUT2D eigenvalue weighted by Crippen LogP contribution is 2.25. The topological polar surface area (TPSA) is 78.2 Å². The number of nitrogens with zero attached hydrogens (tertiary/aromatic N) is 3. The number of thiazole rings is 1. The van der Waals surface area contributed by atoms with Crippen molar-refractivity contribution < 1.29 is 9.66 Å². The molecule has 2 aromatic rings. The zero-order valence-electron chi connectivity index (χ0n) is 10.6. The van der Waals surface area contributed by atoms with Gasteiger partial charge in [-0.25, -0.2) is 9.97 Å². The highest BCUT2D eigenvalue weighted by molar-refractivity contribution is 7.09. The fourth-order valence-corrected chi connectivity index (χ4v) is 2.35. The summed E-state index contributed by atoms with van der Waals surface area (Å²) in [5, 5.41) is 10.9. The first-order chi connectivity index (χ1) is 9.08. The van der Waals surface area contributed by atoms with Gasteiger partial charge in [0.2, 0.25) is 0 Å². The zero-order chi connectivity index (χ0) is 13.8. The Bertz CT molecular complexity index is 598. The van der Waals surface area contributed by atoms with Crippen molar-refractivity contribution in [1.29, 1.82) is 0 Å². The summed E-state index contributed by atoms with van der Waals surface area (Å²) < 4.78 is 5.41. The minimum absolute atomic E-state index is 0.0674. The van der Waals surface area contributed by atoms with Gasteiger partial charge in [0.1, 0.15) is 0 Å². The molecule has 0 radical (unpaired) electrons. The molecular weight excluding hydrogens is 266 g/mol. The molecule has 7 heteroatoms. The van der Waals surface area contributed by atoms with Crippen LogP contribution >= 0.6 is 11.3 Å². The molecule has 0 N–H and O–H groups in total. The van der Waals surface area contributed by atoms with Gasteiger partial charge >= 0.3 is 5.69 Å². The third kappa shape index (κ3) is 3.25. The smallest absolute Gasteiger partial charge is 0.331 e. The largest absolute Gasteiger partial charge is 0.472 e. The summed E-state index contributed by atoms with van der Waals surface area (Å²) in [4.78, 5) is 19.6. The maximum atomic E-state index is 10.9. The Balaban J connectivity index is 2.03. The SMILES string of the molecule is Cc1cnc(OCCc2scnc2C)c([N+](=O)[O-])c1. The lowest BCUT2D eigenvalue weighted by Gasteiger charge is -2.05. The fourth-order valence-electron chi connectivity index (χ4n) is 1.59. The standard InChI is InChI=1S/C12H13N3O3S/c1-8-5-10(15(16)17)12(13-6-8)18-4-3-11-9(2)14-7-19-11/h5-7H,3-4H2,1-2H3. The van der Waals surface area contributed by atoms with Gasteiger partial charge < -0.3 is 4.74 Å². The van der Waals surface area contributed by atoms with Crippen molar-refractivity contribution in [3.05, 3.63) is 44.0 Å². The van der Waals surface area contributed by atoms with Gasteiger partial charge in [-0.3, -0.25) is 10.1 Å². The van der Waals surface area contributed by atoms with Gasteiger partial charge in [-0.05, 0) is 19.4 Å². The first kappa shape index (κ1) is 13.4. The Morgan fingerprint density at radius 3 is 2.84 bits per heavy atom. The highest BCUT2D eigenvalue weighted by Gasteiger charge is 2.17. The van der Waals surface area contributed by atoms with Gasteiger partial charge in [0.25, 0.3) is 5.88 Å². The molecule has 0 atom stereocenters. The minimum atomic E-state index is -0.479. The summed E-state index contributed by atoms with van der Waals surface area (Å²) in [6, 6.07) is 1.46. The quantitative estimate of drug-likeness (QED) is 0.621. The molecule has 0 amide bonds. The normalized spacial score (nSPS) is 10.4. The predicted molar refractivity (Wildman–Crippen MR) is 71.7 cm³/mol. The van der Waals surface area contributed by atoms with E-state index in [9.17, 15) is 10.1 Å². The lowest BCUT2D eigenvalue weighted by Crippen LogP contribution is -2.05. The maximum Gasteiger partial charge on any atom is 0.331 e. The third-order valence-corrected chi connectivity index (χ3v) is 3.57. The summed E-state index contributed by atoms with van der Waals surface area (Å²) in [6.45, 7) is 4.03. The van der Waals surface area contributed by atoms with Crippen molar-refractivity contribution in [3.63, 3.8) is 0 Å². The van der Waals surface area contributed by atoms with E-state index in [1.807, 2.05) is 6.92 Å². The summed E-state index contributed by atoms with van der Waals surface area (Å²) in [5.74, 6) is 0.0674. The molecule has 0 bridgehead atoms. The molecule has 0 saturated carbocycles. The second-order valence-electron chi connectivity index (χ2n) is 4.05. The number of aromatic nitrogens is 2. The molecular formula is C12H13N3O3S. The summed E-state index contributed by atoms with van der Waals surface area (Å²) >= 11 is 1.55. The van der Waals surface area contributed by atoms with Gasteiger partial charge in [0.15, 0.2) is 0 Å². The van der Waals surface area contributed by atoms with Crippen LogP contribution in [0.5, 0.6) is 5.88 Å². The first-order valence-electron chi connectivity index (χ1n) is 5.70. The molecule has 0 unspecified atom stereocenters. The van der Waals surface area contributed by atoms with Crippen LogP contribution in [0.1, 0.15) is 16.1 Å². The molecule has 2 rings (SSSR count). The zero-order valence-corrected chi connectivity index (χ0v) is 11.4. The van der Waals surface area contributed by atoms with Crippen molar-refractivity contribution in [1.82, 2.24) is 9.97 Å². The van der Waals surface area contributed by atoms with E-state index in [1.165, 1.54) is 6.07 Å². The number of pyridine rings is 1. The van der Waals surface area contributed by atoms with Crippen LogP contribution in [0.25, 0.3) is 0 Å². The van der Waals surface area contributed by atoms with Gasteiger partial charge in [-0.2, -0.15) is 0 Å². The van der Waals surface area contributed by atoms with E-state index in [2.05, 4.69) is 9.97 Å². The summed E-state index contributed by atoms with van der Waals surface area (Å²) in [7, 11) is 0. The molecule has 0 aliphatic rings. The Hall–Kier alpha value is -2.02. The summed E-state index contributed by atoms with van der Waals surface area (Å²) in [5.41, 5.74) is 3.38. The van der Waals surface area contributed by atoms with Crippen molar-refractivity contribution in [3.8, 4) is 5.88 Å². The molecule has 2 aromatic heterocycles. The van der Waals surface area contributed by atoms with E-state index >= 15 is 0 Å². The highest BCUT2D eigenvalue weighted by atomic mass is 32.1. The molecule has 0 aliphatic heterocycles. The fraction of sp³-hybridized carbons (Fsp3) is 0.333. The van der Waals surface area contributed by atoms with Gasteiger partial charge in [0, 0.05) is 23.6 Å². The molecule has 100 valence electrons. The van der Waals surface area contributed by atoms with Crippen molar-refractivity contribution in [2.24, 2.45) is 0 Å². The van der Waals surface area contributed by atoms with Crippen LogP contribution in [0.4, 0.5) is 5.69 Å². The Morgan fingerprint density at radius 2 is 2.21 bits per heavy atom. The first-order valence-corrected chi connectivity index (χ1v) is 6.58. The lowest BCUT2D eigenvalue weighted by atomic mass is 10.3. The van der Waals surface area contributed by atoms with Crippen LogP contribution in [0.3, 0.4) is 0 Å². The van der Waals surface area contributed by atoms with Crippen molar-refractivity contribution >= 4 is 17.0 Å². The molecule has 19 heavy (non-hydrogen) atoms. The van der Waals surface area contributed by atoms with Gasteiger partial charge in [-0.15, -0.1) is 11.3 Å². The number of hydrogen-bond acceptors (Lipinski definition) is 6. The summed E-state index contributed by atoms with van der Waals surface area (Å²) in [6.07, 6.45) is 2.23. The Labute approximate surface area is 114 Å². The van der Waals surface area contributed by atoms with E-state index in [0.29, 0.717) is 13.0 Å². The molecule has 0 spiro atoms. The van der Waals surface area contributed by atoms with E-state index in [4.69, 9.17) is 4.74 Å². The van der Waals surface area contributed by atoms with E-state index < -0.39 is 4.92 Å². The average Bonchev–Trinajstić information content (AvgIpc) is 2.77. The molecule has 0 aromatic carbocycles.